The van der Waals surface area contributed by atoms with Crippen LogP contribution >= 0.6 is 11.3 Å². The van der Waals surface area contributed by atoms with Gasteiger partial charge in [0.05, 0.1) is 24.1 Å². The highest BCUT2D eigenvalue weighted by Gasteiger charge is 2.33. The van der Waals surface area contributed by atoms with E-state index in [-0.39, 0.29) is 12.1 Å². The van der Waals surface area contributed by atoms with Gasteiger partial charge < -0.3 is 20.3 Å². The molecule has 6 nitrogen and oxygen atoms in total. The van der Waals surface area contributed by atoms with E-state index >= 15 is 0 Å². The number of amides is 2. The Morgan fingerprint density at radius 2 is 1.86 bits per heavy atom. The van der Waals surface area contributed by atoms with Crippen molar-refractivity contribution in [3.05, 3.63) is 57.8 Å². The number of aryl methyl sites for hydroxylation is 1. The minimum absolute atomic E-state index is 0.109. The molecule has 2 atom stereocenters. The molecule has 150 valence electrons. The molecular weight excluding hydrogens is 374 g/mol. The molecule has 0 unspecified atom stereocenters. The molecule has 0 bridgehead atoms. The summed E-state index contributed by atoms with van der Waals surface area (Å²) in [5, 5.41) is 7.65. The molecule has 1 aromatic heterocycles. The number of carbonyl (C=O) groups is 2. The normalized spacial score (nSPS) is 16.9. The van der Waals surface area contributed by atoms with Crippen molar-refractivity contribution in [2.75, 3.05) is 26.3 Å². The summed E-state index contributed by atoms with van der Waals surface area (Å²) >= 11 is 1.68. The Bertz CT molecular complexity index is 771. The second kappa shape index (κ2) is 9.82. The van der Waals surface area contributed by atoms with Gasteiger partial charge in [-0.1, -0.05) is 35.9 Å². The Balaban J connectivity index is 1.58. The van der Waals surface area contributed by atoms with Gasteiger partial charge >= 0.3 is 11.8 Å². The van der Waals surface area contributed by atoms with Crippen LogP contribution in [0.2, 0.25) is 0 Å². The Hall–Kier alpha value is -2.22. The smallest absolute Gasteiger partial charge is 0.309 e. The molecule has 2 aromatic rings. The maximum absolute atomic E-state index is 12.4. The van der Waals surface area contributed by atoms with Crippen LogP contribution in [-0.2, 0) is 20.9 Å². The Kier molecular flexibility index (Phi) is 7.19. The van der Waals surface area contributed by atoms with E-state index in [1.54, 1.807) is 11.3 Å². The predicted octanol–water partition coefficient (Wildman–Crippen LogP) is 0.834. The minimum atomic E-state index is -0.602. The van der Waals surface area contributed by atoms with Crippen LogP contribution in [-0.4, -0.2) is 44.2 Å². The molecule has 3 rings (SSSR count). The number of rotatable bonds is 6. The molecule has 0 radical (unpaired) electrons. The number of thiophene rings is 1. The summed E-state index contributed by atoms with van der Waals surface area (Å²) < 4.78 is 5.48. The van der Waals surface area contributed by atoms with E-state index in [9.17, 15) is 9.59 Å². The molecule has 2 heterocycles. The number of quaternary nitrogens is 1. The summed E-state index contributed by atoms with van der Waals surface area (Å²) in [6, 6.07) is 11.9. The van der Waals surface area contributed by atoms with Crippen LogP contribution in [0.5, 0.6) is 0 Å². The van der Waals surface area contributed by atoms with Crippen LogP contribution in [0.15, 0.2) is 41.8 Å². The van der Waals surface area contributed by atoms with Gasteiger partial charge in [-0.3, -0.25) is 9.59 Å². The van der Waals surface area contributed by atoms with Crippen LogP contribution < -0.4 is 15.5 Å². The van der Waals surface area contributed by atoms with E-state index < -0.39 is 11.8 Å². The first kappa shape index (κ1) is 20.5. The molecule has 0 aliphatic carbocycles. The van der Waals surface area contributed by atoms with Crippen molar-refractivity contribution in [2.24, 2.45) is 0 Å². The SMILES string of the molecule is Cc1ccc(CNC(=O)C(=O)N[C@H](C)[C@@H](c2cccs2)[NH+]2CCOCC2)cc1. The summed E-state index contributed by atoms with van der Waals surface area (Å²) in [5.74, 6) is -1.19. The van der Waals surface area contributed by atoms with Crippen LogP contribution in [0, 0.1) is 6.92 Å². The number of morpholine rings is 1. The number of benzene rings is 1. The lowest BCUT2D eigenvalue weighted by molar-refractivity contribution is -0.939. The van der Waals surface area contributed by atoms with E-state index in [0.717, 1.165) is 37.4 Å². The van der Waals surface area contributed by atoms with Crippen molar-refractivity contribution >= 4 is 23.2 Å². The summed E-state index contributed by atoms with van der Waals surface area (Å²) in [6.07, 6.45) is 0. The lowest BCUT2D eigenvalue weighted by Crippen LogP contribution is -3.15. The Morgan fingerprint density at radius 1 is 1.14 bits per heavy atom. The lowest BCUT2D eigenvalue weighted by Gasteiger charge is -2.34. The van der Waals surface area contributed by atoms with Crippen molar-refractivity contribution in [3.63, 3.8) is 0 Å². The van der Waals surface area contributed by atoms with Crippen molar-refractivity contribution in [1.29, 1.82) is 0 Å². The van der Waals surface area contributed by atoms with Gasteiger partial charge in [0.1, 0.15) is 19.1 Å². The largest absolute Gasteiger partial charge is 0.370 e. The number of ether oxygens (including phenoxy) is 1. The average Bonchev–Trinajstić information content (AvgIpc) is 3.22. The zero-order valence-corrected chi connectivity index (χ0v) is 17.2. The molecule has 0 spiro atoms. The van der Waals surface area contributed by atoms with Gasteiger partial charge in [-0.05, 0) is 30.9 Å². The van der Waals surface area contributed by atoms with Crippen molar-refractivity contribution in [1.82, 2.24) is 10.6 Å². The zero-order valence-electron chi connectivity index (χ0n) is 16.4. The van der Waals surface area contributed by atoms with E-state index in [1.165, 1.54) is 9.78 Å². The topological polar surface area (TPSA) is 71.9 Å². The van der Waals surface area contributed by atoms with Crippen molar-refractivity contribution < 1.29 is 19.2 Å². The number of nitrogens with one attached hydrogen (secondary N) is 3. The fraction of sp³-hybridized carbons (Fsp3) is 0.429. The van der Waals surface area contributed by atoms with Crippen molar-refractivity contribution in [3.8, 4) is 0 Å². The molecule has 1 aliphatic rings. The fourth-order valence-electron chi connectivity index (χ4n) is 3.54. The first-order valence-corrected chi connectivity index (χ1v) is 10.5. The van der Waals surface area contributed by atoms with E-state index in [4.69, 9.17) is 4.74 Å². The summed E-state index contributed by atoms with van der Waals surface area (Å²) in [6.45, 7) is 7.54. The van der Waals surface area contributed by atoms with Crippen LogP contribution in [0.25, 0.3) is 0 Å². The third-order valence-electron chi connectivity index (χ3n) is 5.06. The zero-order chi connectivity index (χ0) is 19.9. The average molecular weight is 403 g/mol. The van der Waals surface area contributed by atoms with E-state index in [2.05, 4.69) is 16.7 Å². The molecule has 1 fully saturated rings. The molecule has 3 N–H and O–H groups in total. The van der Waals surface area contributed by atoms with E-state index in [0.29, 0.717) is 6.54 Å². The quantitative estimate of drug-likeness (QED) is 0.627. The monoisotopic (exact) mass is 402 g/mol. The van der Waals surface area contributed by atoms with Crippen LogP contribution in [0.3, 0.4) is 0 Å². The number of hydrogen-bond donors (Lipinski definition) is 3. The lowest BCUT2D eigenvalue weighted by atomic mass is 10.1. The minimum Gasteiger partial charge on any atom is -0.370 e. The molecule has 1 saturated heterocycles. The summed E-state index contributed by atoms with van der Waals surface area (Å²) in [5.41, 5.74) is 2.13. The highest BCUT2D eigenvalue weighted by atomic mass is 32.1. The molecule has 1 aliphatic heterocycles. The third kappa shape index (κ3) is 5.41. The molecule has 0 saturated carbocycles. The Morgan fingerprint density at radius 3 is 2.50 bits per heavy atom. The molecule has 2 amide bonds. The highest BCUT2D eigenvalue weighted by Crippen LogP contribution is 2.20. The number of hydrogen-bond acceptors (Lipinski definition) is 4. The molecule has 7 heteroatoms. The number of carbonyl (C=O) groups excluding carboxylic acids is 2. The van der Waals surface area contributed by atoms with Gasteiger partial charge in [0, 0.05) is 6.54 Å². The second-order valence-electron chi connectivity index (χ2n) is 7.19. The summed E-state index contributed by atoms with van der Waals surface area (Å²) in [7, 11) is 0. The first-order chi connectivity index (χ1) is 13.5. The second-order valence-corrected chi connectivity index (χ2v) is 8.17. The van der Waals surface area contributed by atoms with Gasteiger partial charge in [-0.2, -0.15) is 0 Å². The predicted molar refractivity (Wildman–Crippen MR) is 109 cm³/mol. The molecule has 28 heavy (non-hydrogen) atoms. The standard InChI is InChI=1S/C21H27N3O3S/c1-15-5-7-17(8-6-15)14-22-20(25)21(26)23-16(2)19(18-4-3-13-28-18)24-9-11-27-12-10-24/h3-8,13,16,19H,9-12,14H2,1-2H3,(H,22,25)(H,23,26)/p+1/t16-,19+/m1/s1. The van der Waals surface area contributed by atoms with Gasteiger partial charge in [0.25, 0.3) is 0 Å². The molecule has 1 aromatic carbocycles. The molecular formula is C21H28N3O3S+. The maximum atomic E-state index is 12.4. The van der Waals surface area contributed by atoms with E-state index in [1.807, 2.05) is 49.6 Å². The van der Waals surface area contributed by atoms with Gasteiger partial charge in [0.2, 0.25) is 0 Å². The fourth-order valence-corrected chi connectivity index (χ4v) is 4.53. The third-order valence-corrected chi connectivity index (χ3v) is 6.02. The highest BCUT2D eigenvalue weighted by molar-refractivity contribution is 7.10. The Labute approximate surface area is 169 Å². The maximum Gasteiger partial charge on any atom is 0.309 e. The van der Waals surface area contributed by atoms with Crippen LogP contribution in [0.1, 0.15) is 29.0 Å². The van der Waals surface area contributed by atoms with Gasteiger partial charge in [-0.25, -0.2) is 0 Å². The van der Waals surface area contributed by atoms with Crippen molar-refractivity contribution in [2.45, 2.75) is 32.5 Å². The summed E-state index contributed by atoms with van der Waals surface area (Å²) in [4.78, 5) is 27.3. The van der Waals surface area contributed by atoms with Gasteiger partial charge in [0.15, 0.2) is 0 Å². The first-order valence-electron chi connectivity index (χ1n) is 9.64. The van der Waals surface area contributed by atoms with Crippen LogP contribution in [0.4, 0.5) is 0 Å². The van der Waals surface area contributed by atoms with Gasteiger partial charge in [-0.15, -0.1) is 11.3 Å².